The van der Waals surface area contributed by atoms with E-state index in [4.69, 9.17) is 0 Å². The standard InChI is InChI=1S/C10H12FN.ClH/c11-10-3-1-8(2-4-10)9-5-6-12-7-9;/h1-4,9,12H,5-7H2;1H/t9-;/m0./s1. The molecule has 0 bridgehead atoms. The molecule has 0 aliphatic carbocycles. The summed E-state index contributed by atoms with van der Waals surface area (Å²) in [5.41, 5.74) is 1.25. The second kappa shape index (κ2) is 4.58. The van der Waals surface area contributed by atoms with Crippen molar-refractivity contribution >= 4 is 12.4 Å². The highest BCUT2D eigenvalue weighted by atomic mass is 35.5. The number of rotatable bonds is 1. The molecule has 1 fully saturated rings. The van der Waals surface area contributed by atoms with Gasteiger partial charge in [0.2, 0.25) is 0 Å². The van der Waals surface area contributed by atoms with Crippen LogP contribution in [0.15, 0.2) is 24.3 Å². The van der Waals surface area contributed by atoms with Crippen molar-refractivity contribution in [3.63, 3.8) is 0 Å². The van der Waals surface area contributed by atoms with Gasteiger partial charge in [0.1, 0.15) is 5.82 Å². The Bertz CT molecular complexity index is 254. The third-order valence-electron chi connectivity index (χ3n) is 2.40. The highest BCUT2D eigenvalue weighted by molar-refractivity contribution is 5.85. The van der Waals surface area contributed by atoms with E-state index >= 15 is 0 Å². The highest BCUT2D eigenvalue weighted by Crippen LogP contribution is 2.21. The van der Waals surface area contributed by atoms with Gasteiger partial charge in [-0.2, -0.15) is 0 Å². The fourth-order valence-corrected chi connectivity index (χ4v) is 1.67. The van der Waals surface area contributed by atoms with Crippen molar-refractivity contribution in [1.29, 1.82) is 0 Å². The number of hydrogen-bond acceptors (Lipinski definition) is 1. The number of benzene rings is 1. The zero-order chi connectivity index (χ0) is 8.39. The molecule has 1 nitrogen and oxygen atoms in total. The van der Waals surface area contributed by atoms with Gasteiger partial charge in [0.05, 0.1) is 0 Å². The fourth-order valence-electron chi connectivity index (χ4n) is 1.67. The van der Waals surface area contributed by atoms with Crippen LogP contribution in [0.2, 0.25) is 0 Å². The number of hydrogen-bond donors (Lipinski definition) is 1. The quantitative estimate of drug-likeness (QED) is 0.736. The molecule has 0 radical (unpaired) electrons. The van der Waals surface area contributed by atoms with E-state index in [-0.39, 0.29) is 18.2 Å². The van der Waals surface area contributed by atoms with Crippen molar-refractivity contribution in [1.82, 2.24) is 5.32 Å². The average Bonchev–Trinajstić information content (AvgIpc) is 2.58. The Morgan fingerprint density at radius 3 is 2.46 bits per heavy atom. The van der Waals surface area contributed by atoms with Crippen LogP contribution in [-0.2, 0) is 0 Å². The first-order valence-electron chi connectivity index (χ1n) is 4.32. The zero-order valence-electron chi connectivity index (χ0n) is 7.29. The molecule has 3 heteroatoms. The Kier molecular flexibility index (Phi) is 3.70. The van der Waals surface area contributed by atoms with Crippen LogP contribution in [-0.4, -0.2) is 13.1 Å². The maximum absolute atomic E-state index is 12.6. The Labute approximate surface area is 83.8 Å². The van der Waals surface area contributed by atoms with Crippen LogP contribution in [0, 0.1) is 5.82 Å². The minimum absolute atomic E-state index is 0. The van der Waals surface area contributed by atoms with E-state index in [0.29, 0.717) is 5.92 Å². The van der Waals surface area contributed by atoms with Crippen molar-refractivity contribution in [2.45, 2.75) is 12.3 Å². The van der Waals surface area contributed by atoms with Gasteiger partial charge in [-0.15, -0.1) is 12.4 Å². The van der Waals surface area contributed by atoms with Crippen molar-refractivity contribution in [2.75, 3.05) is 13.1 Å². The molecule has 1 aromatic carbocycles. The van der Waals surface area contributed by atoms with Gasteiger partial charge >= 0.3 is 0 Å². The maximum atomic E-state index is 12.6. The summed E-state index contributed by atoms with van der Waals surface area (Å²) in [6.45, 7) is 2.12. The van der Waals surface area contributed by atoms with Crippen LogP contribution in [0.4, 0.5) is 4.39 Å². The Morgan fingerprint density at radius 2 is 1.92 bits per heavy atom. The third kappa shape index (κ3) is 2.42. The Balaban J connectivity index is 0.000000845. The van der Waals surface area contributed by atoms with Gasteiger partial charge in [0, 0.05) is 6.54 Å². The van der Waals surface area contributed by atoms with Gasteiger partial charge in [0.25, 0.3) is 0 Å². The Hall–Kier alpha value is -0.600. The first kappa shape index (κ1) is 10.5. The van der Waals surface area contributed by atoms with Crippen LogP contribution in [0.5, 0.6) is 0 Å². The number of nitrogens with one attached hydrogen (secondary N) is 1. The molecule has 1 N–H and O–H groups in total. The van der Waals surface area contributed by atoms with E-state index in [1.165, 1.54) is 24.1 Å². The monoisotopic (exact) mass is 201 g/mol. The second-order valence-corrected chi connectivity index (χ2v) is 3.24. The van der Waals surface area contributed by atoms with Crippen LogP contribution in [0.25, 0.3) is 0 Å². The molecular weight excluding hydrogens is 189 g/mol. The third-order valence-corrected chi connectivity index (χ3v) is 2.40. The van der Waals surface area contributed by atoms with Gasteiger partial charge in [0.15, 0.2) is 0 Å². The molecule has 1 saturated heterocycles. The van der Waals surface area contributed by atoms with E-state index in [1.54, 1.807) is 0 Å². The van der Waals surface area contributed by atoms with Crippen molar-refractivity contribution in [3.8, 4) is 0 Å². The summed E-state index contributed by atoms with van der Waals surface area (Å²) >= 11 is 0. The molecule has 0 unspecified atom stereocenters. The summed E-state index contributed by atoms with van der Waals surface area (Å²) in [4.78, 5) is 0. The average molecular weight is 202 g/mol. The van der Waals surface area contributed by atoms with E-state index in [1.807, 2.05) is 12.1 Å². The highest BCUT2D eigenvalue weighted by Gasteiger charge is 2.15. The van der Waals surface area contributed by atoms with Gasteiger partial charge in [-0.1, -0.05) is 12.1 Å². The van der Waals surface area contributed by atoms with Gasteiger partial charge in [-0.3, -0.25) is 0 Å². The number of halogens is 2. The van der Waals surface area contributed by atoms with Crippen LogP contribution in [0.1, 0.15) is 17.9 Å². The second-order valence-electron chi connectivity index (χ2n) is 3.24. The fraction of sp³-hybridized carbons (Fsp3) is 0.400. The predicted octanol–water partition coefficient (Wildman–Crippen LogP) is 2.32. The molecule has 0 saturated carbocycles. The summed E-state index contributed by atoms with van der Waals surface area (Å²) in [6, 6.07) is 6.83. The molecule has 1 aliphatic rings. The molecule has 1 heterocycles. The van der Waals surface area contributed by atoms with E-state index in [2.05, 4.69) is 5.32 Å². The molecule has 2 rings (SSSR count). The minimum atomic E-state index is -0.148. The van der Waals surface area contributed by atoms with Crippen LogP contribution >= 0.6 is 12.4 Å². The van der Waals surface area contributed by atoms with Crippen LogP contribution < -0.4 is 5.32 Å². The van der Waals surface area contributed by atoms with Crippen LogP contribution in [0.3, 0.4) is 0 Å². The van der Waals surface area contributed by atoms with Gasteiger partial charge < -0.3 is 5.32 Å². The summed E-state index contributed by atoms with van der Waals surface area (Å²) < 4.78 is 12.6. The first-order valence-corrected chi connectivity index (χ1v) is 4.32. The van der Waals surface area contributed by atoms with E-state index in [9.17, 15) is 4.39 Å². The topological polar surface area (TPSA) is 12.0 Å². The molecule has 1 aliphatic heterocycles. The molecular formula is C10H13ClFN. The van der Waals surface area contributed by atoms with Crippen molar-refractivity contribution < 1.29 is 4.39 Å². The predicted molar refractivity (Wildman–Crippen MR) is 53.9 cm³/mol. The molecule has 0 amide bonds. The smallest absolute Gasteiger partial charge is 0.123 e. The minimum Gasteiger partial charge on any atom is -0.316 e. The maximum Gasteiger partial charge on any atom is 0.123 e. The molecule has 13 heavy (non-hydrogen) atoms. The molecule has 72 valence electrons. The molecule has 0 aromatic heterocycles. The van der Waals surface area contributed by atoms with E-state index in [0.717, 1.165) is 13.1 Å². The SMILES string of the molecule is Cl.Fc1ccc([C@H]2CCNC2)cc1. The van der Waals surface area contributed by atoms with Gasteiger partial charge in [-0.25, -0.2) is 4.39 Å². The van der Waals surface area contributed by atoms with E-state index < -0.39 is 0 Å². The summed E-state index contributed by atoms with van der Waals surface area (Å²) in [6.07, 6.45) is 1.17. The lowest BCUT2D eigenvalue weighted by Crippen LogP contribution is -2.07. The van der Waals surface area contributed by atoms with Crippen molar-refractivity contribution in [2.24, 2.45) is 0 Å². The normalized spacial score (nSPS) is 21.2. The first-order chi connectivity index (χ1) is 5.86. The van der Waals surface area contributed by atoms with Crippen molar-refractivity contribution in [3.05, 3.63) is 35.6 Å². The summed E-state index contributed by atoms with van der Waals surface area (Å²) in [5, 5.41) is 3.29. The molecule has 1 aromatic rings. The summed E-state index contributed by atoms with van der Waals surface area (Å²) in [5.74, 6) is 0.440. The lowest BCUT2D eigenvalue weighted by molar-refractivity contribution is 0.625. The summed E-state index contributed by atoms with van der Waals surface area (Å²) in [7, 11) is 0. The lowest BCUT2D eigenvalue weighted by Gasteiger charge is -2.07. The van der Waals surface area contributed by atoms with Gasteiger partial charge in [-0.05, 0) is 36.6 Å². The molecule has 0 spiro atoms. The zero-order valence-corrected chi connectivity index (χ0v) is 8.11. The Morgan fingerprint density at radius 1 is 1.23 bits per heavy atom. The largest absolute Gasteiger partial charge is 0.316 e. The molecule has 1 atom stereocenters. The lowest BCUT2D eigenvalue weighted by atomic mass is 9.99.